The van der Waals surface area contributed by atoms with Gasteiger partial charge in [0.05, 0.1) is 11.3 Å². The predicted octanol–water partition coefficient (Wildman–Crippen LogP) is 2.61. The fourth-order valence-corrected chi connectivity index (χ4v) is 2.77. The maximum Gasteiger partial charge on any atom is 0.308 e. The molecule has 25 heavy (non-hydrogen) atoms. The molecule has 1 aromatic carbocycles. The van der Waals surface area contributed by atoms with Crippen LogP contribution in [0.5, 0.6) is 0 Å². The first-order valence-electron chi connectivity index (χ1n) is 7.95. The normalized spacial score (nSPS) is 10.1. The molecule has 1 aromatic heterocycles. The van der Waals surface area contributed by atoms with E-state index in [1.807, 2.05) is 25.1 Å². The minimum Gasteiger partial charge on any atom is -0.456 e. The standard InChI is InChI=1S/C18H20N2O4S/c1-2-13-6-3-4-7-14(13)20-16(21)12-24-17(22)9-10-19-18(23)15-8-5-11-25-15/h3-8,11H,2,9-10,12H2,1H3,(H,19,23)(H,20,21). The van der Waals surface area contributed by atoms with Gasteiger partial charge in [0.1, 0.15) is 0 Å². The van der Waals surface area contributed by atoms with Gasteiger partial charge in [0.2, 0.25) is 0 Å². The molecule has 0 aliphatic rings. The summed E-state index contributed by atoms with van der Waals surface area (Å²) in [6, 6.07) is 11.0. The van der Waals surface area contributed by atoms with E-state index in [0.717, 1.165) is 12.0 Å². The molecule has 0 saturated heterocycles. The Morgan fingerprint density at radius 3 is 2.64 bits per heavy atom. The highest BCUT2D eigenvalue weighted by atomic mass is 32.1. The van der Waals surface area contributed by atoms with Crippen LogP contribution in [0.1, 0.15) is 28.6 Å². The number of hydrogen-bond donors (Lipinski definition) is 2. The van der Waals surface area contributed by atoms with Gasteiger partial charge in [-0.25, -0.2) is 0 Å². The number of aryl methyl sites for hydroxylation is 1. The van der Waals surface area contributed by atoms with Crippen LogP contribution < -0.4 is 10.6 Å². The van der Waals surface area contributed by atoms with Crippen LogP contribution in [0.3, 0.4) is 0 Å². The predicted molar refractivity (Wildman–Crippen MR) is 96.7 cm³/mol. The molecule has 0 fully saturated rings. The smallest absolute Gasteiger partial charge is 0.308 e. The second-order valence-corrected chi connectivity index (χ2v) is 6.15. The summed E-state index contributed by atoms with van der Waals surface area (Å²) in [7, 11) is 0. The van der Waals surface area contributed by atoms with Crippen LogP contribution in [-0.2, 0) is 20.7 Å². The molecule has 6 nitrogen and oxygen atoms in total. The number of carbonyl (C=O) groups excluding carboxylic acids is 3. The number of rotatable bonds is 8. The lowest BCUT2D eigenvalue weighted by molar-refractivity contribution is -0.147. The summed E-state index contributed by atoms with van der Waals surface area (Å²) in [5.74, 6) is -1.15. The van der Waals surface area contributed by atoms with Gasteiger partial charge in [-0.05, 0) is 29.5 Å². The van der Waals surface area contributed by atoms with Crippen molar-refractivity contribution in [3.8, 4) is 0 Å². The molecule has 0 unspecified atom stereocenters. The summed E-state index contributed by atoms with van der Waals surface area (Å²) in [6.07, 6.45) is 0.802. The van der Waals surface area contributed by atoms with Gasteiger partial charge in [0.15, 0.2) is 6.61 Å². The number of amides is 2. The van der Waals surface area contributed by atoms with Gasteiger partial charge < -0.3 is 15.4 Å². The Morgan fingerprint density at radius 1 is 1.12 bits per heavy atom. The van der Waals surface area contributed by atoms with Crippen molar-refractivity contribution in [1.29, 1.82) is 0 Å². The summed E-state index contributed by atoms with van der Waals surface area (Å²) >= 11 is 1.33. The highest BCUT2D eigenvalue weighted by molar-refractivity contribution is 7.12. The molecule has 2 amide bonds. The quantitative estimate of drug-likeness (QED) is 0.709. The van der Waals surface area contributed by atoms with Crippen LogP contribution in [0.25, 0.3) is 0 Å². The van der Waals surface area contributed by atoms with Gasteiger partial charge in [-0.1, -0.05) is 31.2 Å². The number of thiophene rings is 1. The topological polar surface area (TPSA) is 84.5 Å². The van der Waals surface area contributed by atoms with E-state index < -0.39 is 11.9 Å². The Kier molecular flexibility index (Phi) is 7.16. The fourth-order valence-electron chi connectivity index (χ4n) is 2.13. The second kappa shape index (κ2) is 9.58. The molecule has 1 heterocycles. The number of para-hydroxylation sites is 1. The molecule has 0 saturated carbocycles. The van der Waals surface area contributed by atoms with Crippen LogP contribution in [-0.4, -0.2) is 30.9 Å². The third kappa shape index (κ3) is 6.04. The lowest BCUT2D eigenvalue weighted by Crippen LogP contribution is -2.27. The molecular weight excluding hydrogens is 340 g/mol. The molecule has 0 aliphatic carbocycles. The van der Waals surface area contributed by atoms with Crippen LogP contribution in [0.4, 0.5) is 5.69 Å². The lowest BCUT2D eigenvalue weighted by Gasteiger charge is -2.10. The van der Waals surface area contributed by atoms with E-state index in [0.29, 0.717) is 10.6 Å². The number of nitrogens with one attached hydrogen (secondary N) is 2. The van der Waals surface area contributed by atoms with Gasteiger partial charge in [-0.3, -0.25) is 14.4 Å². The van der Waals surface area contributed by atoms with Crippen molar-refractivity contribution in [1.82, 2.24) is 5.32 Å². The first-order valence-corrected chi connectivity index (χ1v) is 8.83. The Labute approximate surface area is 150 Å². The molecule has 0 atom stereocenters. The van der Waals surface area contributed by atoms with Gasteiger partial charge >= 0.3 is 5.97 Å². The monoisotopic (exact) mass is 360 g/mol. The van der Waals surface area contributed by atoms with E-state index in [1.54, 1.807) is 23.6 Å². The SMILES string of the molecule is CCc1ccccc1NC(=O)COC(=O)CCNC(=O)c1cccs1. The fraction of sp³-hybridized carbons (Fsp3) is 0.278. The molecule has 2 rings (SSSR count). The molecule has 2 N–H and O–H groups in total. The minimum atomic E-state index is -0.537. The molecule has 0 radical (unpaired) electrons. The van der Waals surface area contributed by atoms with Crippen molar-refractivity contribution in [2.45, 2.75) is 19.8 Å². The molecule has 2 aromatic rings. The Bertz CT molecular complexity index is 728. The number of esters is 1. The number of ether oxygens (including phenoxy) is 1. The maximum absolute atomic E-state index is 11.9. The van der Waals surface area contributed by atoms with E-state index in [1.165, 1.54) is 11.3 Å². The number of hydrogen-bond acceptors (Lipinski definition) is 5. The summed E-state index contributed by atoms with van der Waals surface area (Å²) < 4.78 is 4.92. The summed E-state index contributed by atoms with van der Waals surface area (Å²) in [5, 5.41) is 7.16. The number of benzene rings is 1. The van der Waals surface area contributed by atoms with Crippen molar-refractivity contribution in [3.05, 3.63) is 52.2 Å². The zero-order valence-electron chi connectivity index (χ0n) is 13.9. The van der Waals surface area contributed by atoms with Gasteiger partial charge in [0, 0.05) is 12.2 Å². The minimum absolute atomic E-state index is 0.00986. The molecule has 0 aliphatic heterocycles. The summed E-state index contributed by atoms with van der Waals surface area (Å²) in [5.41, 5.74) is 1.73. The van der Waals surface area contributed by atoms with E-state index in [9.17, 15) is 14.4 Å². The average molecular weight is 360 g/mol. The number of carbonyl (C=O) groups is 3. The Morgan fingerprint density at radius 2 is 1.92 bits per heavy atom. The Balaban J connectivity index is 1.67. The molecule has 7 heteroatoms. The lowest BCUT2D eigenvalue weighted by atomic mass is 10.1. The first-order chi connectivity index (χ1) is 12.1. The third-order valence-corrected chi connectivity index (χ3v) is 4.26. The first kappa shape index (κ1) is 18.7. The highest BCUT2D eigenvalue weighted by Gasteiger charge is 2.11. The third-order valence-electron chi connectivity index (χ3n) is 3.40. The van der Waals surface area contributed by atoms with Gasteiger partial charge in [0.25, 0.3) is 11.8 Å². The zero-order chi connectivity index (χ0) is 18.1. The zero-order valence-corrected chi connectivity index (χ0v) is 14.7. The van der Waals surface area contributed by atoms with Crippen molar-refractivity contribution in [2.75, 3.05) is 18.5 Å². The van der Waals surface area contributed by atoms with Crippen LogP contribution in [0.2, 0.25) is 0 Å². The summed E-state index contributed by atoms with van der Waals surface area (Å²) in [4.78, 5) is 35.8. The maximum atomic E-state index is 11.9. The van der Waals surface area contributed by atoms with Crippen LogP contribution in [0.15, 0.2) is 41.8 Å². The van der Waals surface area contributed by atoms with E-state index in [4.69, 9.17) is 4.74 Å². The van der Waals surface area contributed by atoms with E-state index >= 15 is 0 Å². The van der Waals surface area contributed by atoms with E-state index in [2.05, 4.69) is 10.6 Å². The second-order valence-electron chi connectivity index (χ2n) is 5.20. The van der Waals surface area contributed by atoms with Crippen LogP contribution >= 0.6 is 11.3 Å². The number of anilines is 1. The van der Waals surface area contributed by atoms with E-state index in [-0.39, 0.29) is 25.5 Å². The van der Waals surface area contributed by atoms with Crippen molar-refractivity contribution in [2.24, 2.45) is 0 Å². The molecule has 0 spiro atoms. The Hall–Kier alpha value is -2.67. The molecule has 132 valence electrons. The largest absolute Gasteiger partial charge is 0.456 e. The van der Waals surface area contributed by atoms with Gasteiger partial charge in [-0.2, -0.15) is 0 Å². The summed E-state index contributed by atoms with van der Waals surface area (Å²) in [6.45, 7) is 1.81. The van der Waals surface area contributed by atoms with Gasteiger partial charge in [-0.15, -0.1) is 11.3 Å². The molecular formula is C18H20N2O4S. The van der Waals surface area contributed by atoms with Crippen molar-refractivity contribution >= 4 is 34.8 Å². The molecule has 0 bridgehead atoms. The van der Waals surface area contributed by atoms with Crippen molar-refractivity contribution in [3.63, 3.8) is 0 Å². The highest BCUT2D eigenvalue weighted by Crippen LogP contribution is 2.15. The average Bonchev–Trinajstić information content (AvgIpc) is 3.15. The van der Waals surface area contributed by atoms with Crippen LogP contribution in [0, 0.1) is 0 Å². The van der Waals surface area contributed by atoms with Crippen molar-refractivity contribution < 1.29 is 19.1 Å².